The SMILES string of the molecule is CC1O[C@@H](OC[C@H]2C(CO[C@@H]3OC(C(=O)O)=C[C@@H](O)C3O)[C@@H](O)OC(COS(=O)(=O)O)[C@H]2O)C(OSOOO)[C@@H](OS(=O)(=O)O)[C@@H]1O[C@@H]1O[C@H](C(C)S(=O)OOO)[C@H](O)C1O. The van der Waals surface area contributed by atoms with E-state index in [0.29, 0.717) is 6.08 Å². The molecule has 0 aromatic heterocycles. The molecule has 4 aliphatic heterocycles. The van der Waals surface area contributed by atoms with Gasteiger partial charge in [-0.1, -0.05) is 10.1 Å². The van der Waals surface area contributed by atoms with Crippen LogP contribution in [0.2, 0.25) is 0 Å². The molecule has 4 heterocycles. The maximum Gasteiger partial charge on any atom is 0.397 e. The first-order valence-electron chi connectivity index (χ1n) is 17.0. The number of rotatable bonds is 22. The molecule has 31 nitrogen and oxygen atoms in total. The molecule has 8 unspecified atom stereocenters. The molecule has 0 aliphatic carbocycles. The smallest absolute Gasteiger partial charge is 0.397 e. The van der Waals surface area contributed by atoms with Crippen molar-refractivity contribution >= 4 is 50.2 Å². The molecule has 19 atom stereocenters. The molecule has 0 amide bonds. The third kappa shape index (κ3) is 14.0. The molecule has 0 spiro atoms. The van der Waals surface area contributed by atoms with Crippen LogP contribution in [0.4, 0.5) is 0 Å². The highest BCUT2D eigenvalue weighted by atomic mass is 32.3. The molecule has 3 fully saturated rings. The van der Waals surface area contributed by atoms with E-state index in [-0.39, 0.29) is 12.3 Å². The van der Waals surface area contributed by atoms with E-state index < -0.39 is 173 Å². The van der Waals surface area contributed by atoms with Crippen LogP contribution in [-0.4, -0.2) is 200 Å². The van der Waals surface area contributed by atoms with Gasteiger partial charge in [0.1, 0.15) is 48.8 Å². The predicted octanol–water partition coefficient (Wildman–Crippen LogP) is -5.20. The second kappa shape index (κ2) is 22.6. The molecule has 4 aliphatic rings. The molecule has 0 bridgehead atoms. The number of carboxylic acids is 1. The standard InChI is InChI=1S/C26H42O31S4/c1-7-18(50-25-17(31)16(30)19(51-25)8(2)59(37)57-55-36)20(53-61(41,42)43)21(52-58-56-54-35)26(47-7)45-4-9-10(23(34)48-13(14(9)28)6-46-60(38,39)40)5-44-24-15(29)11(27)3-12(49-24)22(32)33/h3,7-11,13-21,23-31,34-36H,4-6H2,1-2H3,(H,32,33)(H,38,39,40)(H,41,42,43)/t7?,8?,9-,10?,11+,13?,14-,15?,16+,17?,18+,19+,20-,21?,23-,24+,25+,26+,59?/m0/s1. The zero-order chi connectivity index (χ0) is 45.6. The highest BCUT2D eigenvalue weighted by Crippen LogP contribution is 2.38. The molecule has 356 valence electrons. The van der Waals surface area contributed by atoms with Gasteiger partial charge >= 0.3 is 26.8 Å². The molecule has 0 aromatic carbocycles. The summed E-state index contributed by atoms with van der Waals surface area (Å²) in [4.78, 5) is 11.5. The monoisotopic (exact) mass is 978 g/mol. The Bertz CT molecular complexity index is 1700. The molecule has 0 radical (unpaired) electrons. The lowest BCUT2D eigenvalue weighted by molar-refractivity contribution is -0.435. The quantitative estimate of drug-likeness (QED) is 0.0159. The van der Waals surface area contributed by atoms with Crippen LogP contribution in [0.5, 0.6) is 0 Å². The third-order valence-corrected chi connectivity index (χ3v) is 11.7. The summed E-state index contributed by atoms with van der Waals surface area (Å²) in [6.45, 7) is -0.461. The van der Waals surface area contributed by atoms with Gasteiger partial charge in [0, 0.05) is 11.8 Å². The fourth-order valence-corrected chi connectivity index (χ4v) is 8.17. The minimum absolute atomic E-state index is 0.225. The summed E-state index contributed by atoms with van der Waals surface area (Å²) in [5, 5.41) is 96.0. The lowest BCUT2D eigenvalue weighted by atomic mass is 9.83. The molecule has 11 N–H and O–H groups in total. The van der Waals surface area contributed by atoms with E-state index in [9.17, 15) is 66.1 Å². The largest absolute Gasteiger partial charge is 0.475 e. The number of hydrogen-bond donors (Lipinski definition) is 11. The van der Waals surface area contributed by atoms with Gasteiger partial charge < -0.3 is 68.9 Å². The number of hydrogen-bond acceptors (Lipinski definition) is 29. The first kappa shape index (κ1) is 52.1. The van der Waals surface area contributed by atoms with E-state index in [0.717, 1.165) is 0 Å². The van der Waals surface area contributed by atoms with E-state index in [4.69, 9.17) is 56.6 Å². The Balaban J connectivity index is 1.62. The fraction of sp³-hybridized carbons (Fsp3) is 0.885. The van der Waals surface area contributed by atoms with Crippen LogP contribution in [-0.2, 0) is 101 Å². The molecule has 35 heteroatoms. The Labute approximate surface area is 350 Å². The number of ether oxygens (including phenoxy) is 7. The van der Waals surface area contributed by atoms with Crippen molar-refractivity contribution < 1.29 is 146 Å². The van der Waals surface area contributed by atoms with Crippen molar-refractivity contribution in [2.24, 2.45) is 11.8 Å². The van der Waals surface area contributed by atoms with Crippen LogP contribution in [0.1, 0.15) is 13.8 Å². The van der Waals surface area contributed by atoms with Gasteiger partial charge in [-0.05, 0) is 19.9 Å². The number of aliphatic hydroxyl groups excluding tert-OH is 6. The van der Waals surface area contributed by atoms with Crippen LogP contribution in [0.25, 0.3) is 0 Å². The first-order chi connectivity index (χ1) is 28.5. The lowest BCUT2D eigenvalue weighted by Crippen LogP contribution is -2.62. The molecule has 3 saturated heterocycles. The van der Waals surface area contributed by atoms with E-state index in [1.165, 1.54) is 13.8 Å². The average molecular weight is 979 g/mol. The highest BCUT2D eigenvalue weighted by Gasteiger charge is 2.55. The van der Waals surface area contributed by atoms with E-state index in [1.807, 2.05) is 0 Å². The molecular weight excluding hydrogens is 937 g/mol. The summed E-state index contributed by atoms with van der Waals surface area (Å²) < 4.78 is 139. The molecular formula is C26H42O31S4. The zero-order valence-electron chi connectivity index (χ0n) is 30.8. The number of aliphatic hydroxyl groups is 6. The number of carbonyl (C=O) groups is 1. The topological polar surface area (TPSA) is 454 Å². The summed E-state index contributed by atoms with van der Waals surface area (Å²) in [5.41, 5.74) is 0. The Morgan fingerprint density at radius 3 is 2.08 bits per heavy atom. The van der Waals surface area contributed by atoms with Gasteiger partial charge in [-0.2, -0.15) is 16.8 Å². The zero-order valence-corrected chi connectivity index (χ0v) is 34.1. The highest BCUT2D eigenvalue weighted by molar-refractivity contribution is 7.89. The second-order valence-electron chi connectivity index (χ2n) is 13.2. The summed E-state index contributed by atoms with van der Waals surface area (Å²) in [7, 11) is -10.7. The molecule has 4 rings (SSSR count). The maximum atomic E-state index is 12.2. The molecule has 0 aromatic rings. The van der Waals surface area contributed by atoms with Crippen molar-refractivity contribution in [1.29, 1.82) is 0 Å². The van der Waals surface area contributed by atoms with Gasteiger partial charge in [0.05, 0.1) is 37.3 Å². The Hall–Kier alpha value is -1.51. The van der Waals surface area contributed by atoms with E-state index in [1.54, 1.807) is 0 Å². The van der Waals surface area contributed by atoms with Crippen LogP contribution in [0.15, 0.2) is 11.8 Å². The minimum Gasteiger partial charge on any atom is -0.475 e. The van der Waals surface area contributed by atoms with E-state index in [2.05, 4.69) is 22.9 Å². The lowest BCUT2D eigenvalue weighted by Gasteiger charge is -2.46. The fourth-order valence-electron chi connectivity index (χ4n) is 6.38. The summed E-state index contributed by atoms with van der Waals surface area (Å²) >= 11 is -2.72. The van der Waals surface area contributed by atoms with Crippen LogP contribution in [0, 0.1) is 11.8 Å². The van der Waals surface area contributed by atoms with Crippen molar-refractivity contribution in [3.05, 3.63) is 11.8 Å². The summed E-state index contributed by atoms with van der Waals surface area (Å²) in [5.74, 6) is -5.58. The summed E-state index contributed by atoms with van der Waals surface area (Å²) in [6.07, 6.45) is -27.6. The Kier molecular flexibility index (Phi) is 19.3. The normalized spacial score (nSPS) is 39.6. The van der Waals surface area contributed by atoms with Crippen molar-refractivity contribution in [2.45, 2.75) is 111 Å². The second-order valence-corrected chi connectivity index (χ2v) is 17.2. The van der Waals surface area contributed by atoms with Gasteiger partial charge in [-0.25, -0.2) is 27.9 Å². The third-order valence-electron chi connectivity index (χ3n) is 9.32. The minimum atomic E-state index is -5.52. The van der Waals surface area contributed by atoms with Crippen LogP contribution >= 0.6 is 12.3 Å². The van der Waals surface area contributed by atoms with E-state index >= 15 is 0 Å². The Morgan fingerprint density at radius 2 is 1.48 bits per heavy atom. The van der Waals surface area contributed by atoms with Gasteiger partial charge in [0.2, 0.25) is 12.0 Å². The van der Waals surface area contributed by atoms with Gasteiger partial charge in [-0.15, -0.1) is 8.67 Å². The Morgan fingerprint density at radius 1 is 0.820 bits per heavy atom. The van der Waals surface area contributed by atoms with Crippen LogP contribution in [0.3, 0.4) is 0 Å². The average Bonchev–Trinajstić information content (AvgIpc) is 3.45. The molecule has 0 saturated carbocycles. The van der Waals surface area contributed by atoms with Crippen molar-refractivity contribution in [3.8, 4) is 0 Å². The van der Waals surface area contributed by atoms with Crippen molar-refractivity contribution in [1.82, 2.24) is 0 Å². The van der Waals surface area contributed by atoms with Crippen molar-refractivity contribution in [3.63, 3.8) is 0 Å². The number of carboxylic acid groups (broad SMARTS) is 1. The van der Waals surface area contributed by atoms with Crippen molar-refractivity contribution in [2.75, 3.05) is 19.8 Å². The van der Waals surface area contributed by atoms with Crippen LogP contribution < -0.4 is 0 Å². The first-order valence-corrected chi connectivity index (χ1v) is 21.5. The summed E-state index contributed by atoms with van der Waals surface area (Å²) in [6, 6.07) is 0. The van der Waals surface area contributed by atoms with Gasteiger partial charge in [0.15, 0.2) is 48.4 Å². The van der Waals surface area contributed by atoms with Gasteiger partial charge in [-0.3, -0.25) is 13.3 Å². The maximum absolute atomic E-state index is 12.2. The number of aliphatic carboxylic acids is 1. The molecule has 61 heavy (non-hydrogen) atoms. The predicted molar refractivity (Wildman–Crippen MR) is 182 cm³/mol. The van der Waals surface area contributed by atoms with Gasteiger partial charge in [0.25, 0.3) is 0 Å².